The number of rotatable bonds is 11. The number of hydrogen-bond acceptors (Lipinski definition) is 11. The van der Waals surface area contributed by atoms with Gasteiger partial charge in [-0.2, -0.15) is 0 Å². The second-order valence-electron chi connectivity index (χ2n) is 19.6. The van der Waals surface area contributed by atoms with Crippen LogP contribution in [0.1, 0.15) is 91.8 Å². The smallest absolute Gasteiger partial charge is 0.244 e. The van der Waals surface area contributed by atoms with Gasteiger partial charge in [0.2, 0.25) is 35.4 Å². The summed E-state index contributed by atoms with van der Waals surface area (Å²) in [4.78, 5) is 99.5. The Balaban J connectivity index is 1.47. The van der Waals surface area contributed by atoms with Gasteiger partial charge in [-0.05, 0) is 41.7 Å². The standard InChI is InChI=1S/C45H68N10O6S/c1-27(2)34-40(59)52-36(44(4,5)6)38(47-26-33(57)55-18-16-28(3)35(55)41(60)50-34)51-37(45(7,8)9)42(61)48-30(24-29-14-12-11-13-15-29)39(58)49-31(43-46-17-23-62-43)25-32(56)54-21-19-53(10)20-22-54/h11-15,17,23,27-28,30-31,34-37H,16,18-22,24-26H2,1-10H3,(H,47,51)(H,48,61)(H,49,58)(H,50,60)(H,52,59)/t28-,30+,31+,34+,35+,36-,37-/m1/s1. The fourth-order valence-corrected chi connectivity index (χ4v) is 8.86. The van der Waals surface area contributed by atoms with Gasteiger partial charge in [0, 0.05) is 50.7 Å². The van der Waals surface area contributed by atoms with E-state index >= 15 is 0 Å². The summed E-state index contributed by atoms with van der Waals surface area (Å²) in [6.45, 7) is 19.8. The first-order chi connectivity index (χ1) is 29.1. The summed E-state index contributed by atoms with van der Waals surface area (Å²) in [7, 11) is 2.02. The molecule has 5 N–H and O–H groups in total. The first-order valence-electron chi connectivity index (χ1n) is 21.9. The Morgan fingerprint density at radius 3 is 2.18 bits per heavy atom. The third-order valence-electron chi connectivity index (χ3n) is 12.0. The van der Waals surface area contributed by atoms with Gasteiger partial charge < -0.3 is 41.3 Å². The lowest BCUT2D eigenvalue weighted by molar-refractivity contribution is -0.140. The van der Waals surface area contributed by atoms with Crippen molar-refractivity contribution >= 4 is 52.6 Å². The molecule has 1 aromatic carbocycles. The Kier molecular flexibility index (Phi) is 15.9. The zero-order chi connectivity index (χ0) is 45.5. The highest BCUT2D eigenvalue weighted by Gasteiger charge is 2.44. The number of carbonyl (C=O) groups excluding carboxylic acids is 6. The molecule has 340 valence electrons. The molecule has 0 unspecified atom stereocenters. The van der Waals surface area contributed by atoms with Crippen LogP contribution in [0.4, 0.5) is 0 Å². The SMILES string of the molecule is CC(C)[C@@H]1NC(=O)[C@@H]2[C@H](C)CCN2C(=O)CN=C(N[C@H](C(=O)N[C@@H](Cc2ccccc2)C(=O)N[C@@H](CC(=O)N2CCN(C)CC2)c2nccs2)C(C)(C)C)[C@H](C(C)(C)C)NC1=O. The fourth-order valence-electron chi connectivity index (χ4n) is 8.17. The lowest BCUT2D eigenvalue weighted by Crippen LogP contribution is -2.64. The number of amidine groups is 1. The minimum Gasteiger partial charge on any atom is -0.360 e. The van der Waals surface area contributed by atoms with E-state index in [1.165, 1.54) is 11.3 Å². The van der Waals surface area contributed by atoms with Gasteiger partial charge in [-0.25, -0.2) is 4.98 Å². The van der Waals surface area contributed by atoms with Gasteiger partial charge in [-0.1, -0.05) is 92.6 Å². The van der Waals surface area contributed by atoms with Crippen molar-refractivity contribution in [2.45, 2.75) is 118 Å². The number of carbonyl (C=O) groups is 6. The highest BCUT2D eigenvalue weighted by atomic mass is 32.1. The maximum Gasteiger partial charge on any atom is 0.244 e. The number of nitrogens with one attached hydrogen (secondary N) is 5. The first-order valence-corrected chi connectivity index (χ1v) is 22.7. The number of aromatic nitrogens is 1. The van der Waals surface area contributed by atoms with Crippen LogP contribution >= 0.6 is 11.3 Å². The monoisotopic (exact) mass is 877 g/mol. The molecule has 0 spiro atoms. The van der Waals surface area contributed by atoms with E-state index in [1.54, 1.807) is 16.5 Å². The van der Waals surface area contributed by atoms with E-state index in [9.17, 15) is 28.8 Å². The Morgan fingerprint density at radius 1 is 0.903 bits per heavy atom. The third-order valence-corrected chi connectivity index (χ3v) is 12.9. The molecule has 2 saturated heterocycles. The Morgan fingerprint density at radius 2 is 1.58 bits per heavy atom. The predicted molar refractivity (Wildman–Crippen MR) is 240 cm³/mol. The molecule has 2 aromatic rings. The number of fused-ring (bicyclic) bond motifs is 1. The van der Waals surface area contributed by atoms with Gasteiger partial charge in [0.15, 0.2) is 0 Å². The minimum atomic E-state index is -1.07. The number of nitrogens with zero attached hydrogens (tertiary/aromatic N) is 5. The Labute approximate surface area is 370 Å². The average molecular weight is 877 g/mol. The van der Waals surface area contributed by atoms with E-state index in [0.717, 1.165) is 18.7 Å². The summed E-state index contributed by atoms with van der Waals surface area (Å²) in [5.74, 6) is -2.38. The number of hydrogen-bond donors (Lipinski definition) is 5. The molecule has 3 aliphatic heterocycles. The molecular formula is C45H68N10O6S. The molecule has 1 aromatic heterocycles. The molecule has 16 nitrogen and oxygen atoms in total. The molecular weight excluding hydrogens is 809 g/mol. The molecule has 4 heterocycles. The third kappa shape index (κ3) is 12.4. The van der Waals surface area contributed by atoms with Gasteiger partial charge in [0.1, 0.15) is 41.6 Å². The molecule has 2 fully saturated rings. The lowest BCUT2D eigenvalue weighted by atomic mass is 9.82. The number of amides is 6. The van der Waals surface area contributed by atoms with Crippen molar-refractivity contribution in [3.8, 4) is 0 Å². The molecule has 17 heteroatoms. The highest BCUT2D eigenvalue weighted by Crippen LogP contribution is 2.28. The van der Waals surface area contributed by atoms with Crippen LogP contribution in [0.5, 0.6) is 0 Å². The van der Waals surface area contributed by atoms with Gasteiger partial charge in [-0.3, -0.25) is 33.8 Å². The van der Waals surface area contributed by atoms with Crippen LogP contribution in [0, 0.1) is 22.7 Å². The van der Waals surface area contributed by atoms with E-state index in [2.05, 4.69) is 36.5 Å². The lowest BCUT2D eigenvalue weighted by Gasteiger charge is -2.39. The van der Waals surface area contributed by atoms with Crippen molar-refractivity contribution in [1.29, 1.82) is 0 Å². The molecule has 0 radical (unpaired) electrons. The largest absolute Gasteiger partial charge is 0.360 e. The van der Waals surface area contributed by atoms with E-state index in [-0.39, 0.29) is 54.8 Å². The summed E-state index contributed by atoms with van der Waals surface area (Å²) in [6.07, 6.45) is 2.43. The minimum absolute atomic E-state index is 0.0119. The van der Waals surface area contributed by atoms with Crippen LogP contribution in [-0.2, 0) is 35.2 Å². The maximum atomic E-state index is 14.8. The molecule has 0 saturated carbocycles. The van der Waals surface area contributed by atoms with Gasteiger partial charge in [0.25, 0.3) is 0 Å². The van der Waals surface area contributed by atoms with E-state index < -0.39 is 64.8 Å². The zero-order valence-corrected chi connectivity index (χ0v) is 38.9. The predicted octanol–water partition coefficient (Wildman–Crippen LogP) is 2.52. The second-order valence-corrected chi connectivity index (χ2v) is 20.5. The Hall–Kier alpha value is -4.90. The number of piperazine rings is 1. The summed E-state index contributed by atoms with van der Waals surface area (Å²) >= 11 is 1.34. The van der Waals surface area contributed by atoms with Crippen molar-refractivity contribution in [2.75, 3.05) is 46.3 Å². The van der Waals surface area contributed by atoms with Crippen molar-refractivity contribution in [2.24, 2.45) is 27.7 Å². The van der Waals surface area contributed by atoms with Crippen molar-refractivity contribution in [3.63, 3.8) is 0 Å². The summed E-state index contributed by atoms with van der Waals surface area (Å²) in [5.41, 5.74) is -0.666. The van der Waals surface area contributed by atoms with Crippen LogP contribution in [0.3, 0.4) is 0 Å². The van der Waals surface area contributed by atoms with E-state index in [4.69, 9.17) is 4.99 Å². The van der Waals surface area contributed by atoms with Gasteiger partial charge in [0.05, 0.1) is 18.5 Å². The van der Waals surface area contributed by atoms with Crippen molar-refractivity contribution in [3.05, 3.63) is 52.5 Å². The normalized spacial score (nSPS) is 23.5. The molecule has 3 aliphatic rings. The van der Waals surface area contributed by atoms with E-state index in [1.807, 2.05) is 105 Å². The van der Waals surface area contributed by atoms with Crippen LogP contribution in [-0.4, -0.2) is 137 Å². The fraction of sp³-hybridized carbons (Fsp3) is 0.644. The number of thiazole rings is 1. The highest BCUT2D eigenvalue weighted by molar-refractivity contribution is 7.09. The number of benzene rings is 1. The van der Waals surface area contributed by atoms with Crippen molar-refractivity contribution in [1.82, 2.24) is 46.3 Å². The summed E-state index contributed by atoms with van der Waals surface area (Å²) < 4.78 is 0. The second kappa shape index (κ2) is 20.5. The van der Waals surface area contributed by atoms with Crippen LogP contribution in [0.25, 0.3) is 0 Å². The van der Waals surface area contributed by atoms with Crippen LogP contribution < -0.4 is 26.6 Å². The average Bonchev–Trinajstić information content (AvgIpc) is 3.88. The maximum absolute atomic E-state index is 14.8. The van der Waals surface area contributed by atoms with Gasteiger partial charge in [-0.15, -0.1) is 11.3 Å². The van der Waals surface area contributed by atoms with Crippen LogP contribution in [0.2, 0.25) is 0 Å². The molecule has 7 atom stereocenters. The molecule has 0 bridgehead atoms. The summed E-state index contributed by atoms with van der Waals surface area (Å²) in [5, 5.41) is 17.9. The molecule has 6 amide bonds. The summed E-state index contributed by atoms with van der Waals surface area (Å²) in [6, 6.07) is 4.07. The first kappa shape index (κ1) is 48.1. The topological polar surface area (TPSA) is 198 Å². The van der Waals surface area contributed by atoms with Crippen molar-refractivity contribution < 1.29 is 28.8 Å². The van der Waals surface area contributed by atoms with Gasteiger partial charge >= 0.3 is 0 Å². The van der Waals surface area contributed by atoms with Crippen LogP contribution in [0.15, 0.2) is 46.9 Å². The molecule has 0 aliphatic carbocycles. The Bertz CT molecular complexity index is 1920. The number of aliphatic imine (C=N–C) groups is 1. The zero-order valence-electron chi connectivity index (χ0n) is 38.1. The molecule has 5 rings (SSSR count). The number of likely N-dealkylation sites (N-methyl/N-ethyl adjacent to an activating group) is 1. The quantitative estimate of drug-likeness (QED) is 0.225. The van der Waals surface area contributed by atoms with E-state index in [0.29, 0.717) is 31.1 Å². The molecule has 62 heavy (non-hydrogen) atoms.